The van der Waals surface area contributed by atoms with E-state index in [2.05, 4.69) is 32.6 Å². The van der Waals surface area contributed by atoms with E-state index in [4.69, 9.17) is 10.5 Å². The normalized spacial score (nSPS) is 30.2. The first-order valence-corrected chi connectivity index (χ1v) is 6.94. The molecule has 4 nitrogen and oxygen atoms in total. The Hall–Kier alpha value is -0.160. The number of hydrogen-bond donors (Lipinski definition) is 2. The van der Waals surface area contributed by atoms with E-state index >= 15 is 0 Å². The smallest absolute Gasteiger partial charge is 0.0724 e. The van der Waals surface area contributed by atoms with Gasteiger partial charge in [0.15, 0.2) is 0 Å². The number of aliphatic hydroxyl groups is 1. The molecule has 1 saturated heterocycles. The summed E-state index contributed by atoms with van der Waals surface area (Å²) in [6, 6.07) is -0.0106. The average molecular weight is 258 g/mol. The van der Waals surface area contributed by atoms with Gasteiger partial charge in [-0.15, -0.1) is 0 Å². The van der Waals surface area contributed by atoms with Crippen LogP contribution < -0.4 is 5.73 Å². The first-order valence-electron chi connectivity index (χ1n) is 6.94. The molecule has 1 heterocycles. The lowest BCUT2D eigenvalue weighted by Crippen LogP contribution is -2.59. The minimum atomic E-state index is -0.0339. The van der Waals surface area contributed by atoms with E-state index in [1.54, 1.807) is 7.11 Å². The first kappa shape index (κ1) is 15.9. The molecular weight excluding hydrogens is 228 g/mol. The second-order valence-corrected chi connectivity index (χ2v) is 6.68. The highest BCUT2D eigenvalue weighted by Gasteiger charge is 2.36. The van der Waals surface area contributed by atoms with E-state index < -0.39 is 0 Å². The predicted octanol–water partition coefficient (Wildman–Crippen LogP) is 1.08. The molecule has 1 fully saturated rings. The maximum atomic E-state index is 9.67. The highest BCUT2D eigenvalue weighted by Crippen LogP contribution is 2.27. The van der Waals surface area contributed by atoms with Gasteiger partial charge in [0.25, 0.3) is 0 Å². The Kier molecular flexibility index (Phi) is 5.59. The Morgan fingerprint density at radius 2 is 2.06 bits per heavy atom. The lowest BCUT2D eigenvalue weighted by atomic mass is 9.81. The minimum Gasteiger partial charge on any atom is -0.395 e. The van der Waals surface area contributed by atoms with Crippen molar-refractivity contribution in [2.24, 2.45) is 17.1 Å². The van der Waals surface area contributed by atoms with Gasteiger partial charge in [0.05, 0.1) is 12.7 Å². The molecule has 0 aliphatic carbocycles. The molecule has 4 heteroatoms. The van der Waals surface area contributed by atoms with E-state index in [1.165, 1.54) is 0 Å². The molecule has 1 aliphatic heterocycles. The summed E-state index contributed by atoms with van der Waals surface area (Å²) in [4.78, 5) is 2.30. The zero-order valence-electron chi connectivity index (χ0n) is 12.5. The molecule has 0 aromatic heterocycles. The molecule has 108 valence electrons. The van der Waals surface area contributed by atoms with E-state index in [9.17, 15) is 5.11 Å². The third-order valence-corrected chi connectivity index (χ3v) is 4.29. The second kappa shape index (κ2) is 6.33. The number of likely N-dealkylation sites (tertiary alicyclic amines) is 1. The zero-order valence-corrected chi connectivity index (χ0v) is 12.5. The van der Waals surface area contributed by atoms with Crippen LogP contribution in [-0.2, 0) is 4.74 Å². The van der Waals surface area contributed by atoms with Crippen LogP contribution in [-0.4, -0.2) is 55.0 Å². The van der Waals surface area contributed by atoms with Crippen LogP contribution in [0.1, 0.15) is 34.1 Å². The second-order valence-electron chi connectivity index (χ2n) is 6.68. The predicted molar refractivity (Wildman–Crippen MR) is 74.5 cm³/mol. The van der Waals surface area contributed by atoms with Crippen LogP contribution >= 0.6 is 0 Å². The highest BCUT2D eigenvalue weighted by molar-refractivity contribution is 4.92. The molecule has 0 bridgehead atoms. The van der Waals surface area contributed by atoms with Gasteiger partial charge >= 0.3 is 0 Å². The Morgan fingerprint density at radius 3 is 2.50 bits per heavy atom. The standard InChI is InChI=1S/C14H30N2O2/c1-10-6-7-16(8-12(10)18-5)11(9-17)13(15)14(2,3)4/h10-13,17H,6-9,15H2,1-5H3. The summed E-state index contributed by atoms with van der Waals surface area (Å²) in [7, 11) is 1.77. The lowest BCUT2D eigenvalue weighted by molar-refractivity contribution is -0.0385. The van der Waals surface area contributed by atoms with Gasteiger partial charge < -0.3 is 15.6 Å². The number of aliphatic hydroxyl groups excluding tert-OH is 1. The van der Waals surface area contributed by atoms with Crippen molar-refractivity contribution >= 4 is 0 Å². The van der Waals surface area contributed by atoms with E-state index in [1.807, 2.05) is 0 Å². The fraction of sp³-hybridized carbons (Fsp3) is 1.00. The molecule has 0 aromatic carbocycles. The summed E-state index contributed by atoms with van der Waals surface area (Å²) in [5, 5.41) is 9.67. The van der Waals surface area contributed by atoms with Gasteiger partial charge in [-0.3, -0.25) is 4.90 Å². The van der Waals surface area contributed by atoms with Crippen LogP contribution in [0.4, 0.5) is 0 Å². The monoisotopic (exact) mass is 258 g/mol. The van der Waals surface area contributed by atoms with Gasteiger partial charge in [-0.25, -0.2) is 0 Å². The molecule has 1 rings (SSSR count). The molecule has 3 N–H and O–H groups in total. The molecule has 4 atom stereocenters. The topological polar surface area (TPSA) is 58.7 Å². The van der Waals surface area contributed by atoms with Gasteiger partial charge in [-0.05, 0) is 24.3 Å². The van der Waals surface area contributed by atoms with Gasteiger partial charge in [0.1, 0.15) is 0 Å². The minimum absolute atomic E-state index is 0.000964. The van der Waals surface area contributed by atoms with Crippen molar-refractivity contribution in [1.82, 2.24) is 4.90 Å². The summed E-state index contributed by atoms with van der Waals surface area (Å²) in [5.74, 6) is 0.580. The maximum Gasteiger partial charge on any atom is 0.0724 e. The summed E-state index contributed by atoms with van der Waals surface area (Å²) < 4.78 is 5.53. The highest BCUT2D eigenvalue weighted by atomic mass is 16.5. The largest absolute Gasteiger partial charge is 0.395 e. The Morgan fingerprint density at radius 1 is 1.44 bits per heavy atom. The molecule has 0 spiro atoms. The molecule has 0 radical (unpaired) electrons. The fourth-order valence-electron chi connectivity index (χ4n) is 2.70. The molecule has 1 aliphatic rings. The number of rotatable bonds is 4. The number of ether oxygens (including phenoxy) is 1. The molecule has 0 saturated carbocycles. The average Bonchev–Trinajstić information content (AvgIpc) is 2.30. The maximum absolute atomic E-state index is 9.67. The van der Waals surface area contributed by atoms with Crippen molar-refractivity contribution in [3.8, 4) is 0 Å². The molecule has 18 heavy (non-hydrogen) atoms. The van der Waals surface area contributed by atoms with Crippen molar-refractivity contribution in [2.45, 2.75) is 52.3 Å². The summed E-state index contributed by atoms with van der Waals surface area (Å²) in [5.41, 5.74) is 6.31. The number of hydrogen-bond acceptors (Lipinski definition) is 4. The quantitative estimate of drug-likeness (QED) is 0.792. The van der Waals surface area contributed by atoms with Crippen molar-refractivity contribution in [3.63, 3.8) is 0 Å². The van der Waals surface area contributed by atoms with Crippen LogP contribution in [0.5, 0.6) is 0 Å². The Balaban J connectivity index is 2.71. The van der Waals surface area contributed by atoms with Crippen LogP contribution in [0, 0.1) is 11.3 Å². The van der Waals surface area contributed by atoms with Crippen molar-refractivity contribution in [1.29, 1.82) is 0 Å². The van der Waals surface area contributed by atoms with Crippen molar-refractivity contribution in [3.05, 3.63) is 0 Å². The van der Waals surface area contributed by atoms with E-state index in [-0.39, 0.29) is 30.2 Å². The molecule has 0 amide bonds. The van der Waals surface area contributed by atoms with E-state index in [0.29, 0.717) is 5.92 Å². The van der Waals surface area contributed by atoms with Crippen LogP contribution in [0.25, 0.3) is 0 Å². The Bertz CT molecular complexity index is 253. The number of nitrogens with zero attached hydrogens (tertiary/aromatic N) is 1. The summed E-state index contributed by atoms with van der Waals surface area (Å²) >= 11 is 0. The van der Waals surface area contributed by atoms with Crippen LogP contribution in [0.3, 0.4) is 0 Å². The number of methoxy groups -OCH3 is 1. The van der Waals surface area contributed by atoms with Gasteiger partial charge in [-0.1, -0.05) is 27.7 Å². The third-order valence-electron chi connectivity index (χ3n) is 4.29. The number of nitrogens with two attached hydrogens (primary N) is 1. The lowest BCUT2D eigenvalue weighted by Gasteiger charge is -2.45. The Labute approximate surface area is 111 Å². The SMILES string of the molecule is COC1CN(C(CO)C(N)C(C)(C)C)CCC1C. The van der Waals surface area contributed by atoms with E-state index in [0.717, 1.165) is 19.5 Å². The van der Waals surface area contributed by atoms with Gasteiger partial charge in [0, 0.05) is 25.7 Å². The molecular formula is C14H30N2O2. The fourth-order valence-corrected chi connectivity index (χ4v) is 2.70. The molecule has 4 unspecified atom stereocenters. The summed E-state index contributed by atoms with van der Waals surface area (Å²) in [6.45, 7) is 10.6. The summed E-state index contributed by atoms with van der Waals surface area (Å²) in [6.07, 6.45) is 1.35. The van der Waals surface area contributed by atoms with Crippen LogP contribution in [0.2, 0.25) is 0 Å². The number of piperidine rings is 1. The van der Waals surface area contributed by atoms with Gasteiger partial charge in [0.2, 0.25) is 0 Å². The first-order chi connectivity index (χ1) is 8.31. The van der Waals surface area contributed by atoms with Crippen molar-refractivity contribution in [2.75, 3.05) is 26.8 Å². The molecule has 0 aromatic rings. The third kappa shape index (κ3) is 3.67. The van der Waals surface area contributed by atoms with Crippen molar-refractivity contribution < 1.29 is 9.84 Å². The van der Waals surface area contributed by atoms with Gasteiger partial charge in [-0.2, -0.15) is 0 Å². The van der Waals surface area contributed by atoms with Crippen LogP contribution in [0.15, 0.2) is 0 Å². The zero-order chi connectivity index (χ0) is 13.9.